The van der Waals surface area contributed by atoms with E-state index in [-0.39, 0.29) is 17.4 Å². The molecule has 0 fully saturated rings. The van der Waals surface area contributed by atoms with E-state index in [0.29, 0.717) is 0 Å². The SMILES string of the molecule is O=N[O-].O=N[O-].[Cr]. The Balaban J connectivity index is -0.0000000400. The summed E-state index contributed by atoms with van der Waals surface area (Å²) in [7, 11) is 0. The quantitative estimate of drug-likeness (QED) is 0.364. The molecule has 0 heterocycles. The molecule has 0 bridgehead atoms. The molecule has 0 atom stereocenters. The van der Waals surface area contributed by atoms with Crippen molar-refractivity contribution in [3.8, 4) is 0 Å². The molecular formula is CrN2O4-2. The molecular weight excluding hydrogens is 144 g/mol. The average Bonchev–Trinajstić information content (AvgIpc) is 1.39. The van der Waals surface area contributed by atoms with Crippen LogP contribution >= 0.6 is 0 Å². The Bertz CT molecular complexity index is 30.7. The van der Waals surface area contributed by atoms with Gasteiger partial charge in [0.2, 0.25) is 0 Å². The maximum atomic E-state index is 8.00. The van der Waals surface area contributed by atoms with Gasteiger partial charge in [-0.15, -0.1) is 10.7 Å². The molecule has 0 amide bonds. The minimum Gasteiger partial charge on any atom is -0.444 e. The Hall–Kier alpha value is -0.668. The minimum absolute atomic E-state index is 0. The summed E-state index contributed by atoms with van der Waals surface area (Å²) in [5.74, 6) is 0. The zero-order chi connectivity index (χ0) is 5.41. The molecule has 7 heavy (non-hydrogen) atoms. The third-order valence-corrected chi connectivity index (χ3v) is 0. The third kappa shape index (κ3) is 133. The van der Waals surface area contributed by atoms with Crippen LogP contribution < -0.4 is 0 Å². The largest absolute Gasteiger partial charge is 0.444 e. The molecule has 0 aliphatic rings. The molecule has 0 aliphatic heterocycles. The van der Waals surface area contributed by atoms with E-state index in [4.69, 9.17) is 20.2 Å². The number of rotatable bonds is 0. The van der Waals surface area contributed by atoms with Gasteiger partial charge in [-0.25, -0.2) is 0 Å². The second-order valence-electron chi connectivity index (χ2n) is 0.149. The summed E-state index contributed by atoms with van der Waals surface area (Å²) >= 11 is 0. The average molecular weight is 144 g/mol. The number of hydrogen-bond acceptors (Lipinski definition) is 6. The van der Waals surface area contributed by atoms with E-state index in [9.17, 15) is 0 Å². The van der Waals surface area contributed by atoms with Crippen LogP contribution in [-0.4, -0.2) is 0 Å². The summed E-state index contributed by atoms with van der Waals surface area (Å²) in [5, 5.41) is 18.0. The number of hydrogen-bond donors (Lipinski definition) is 0. The van der Waals surface area contributed by atoms with Crippen molar-refractivity contribution in [1.29, 1.82) is 0 Å². The van der Waals surface area contributed by atoms with Crippen molar-refractivity contribution in [2.75, 3.05) is 0 Å². The van der Waals surface area contributed by atoms with Crippen molar-refractivity contribution >= 4 is 0 Å². The van der Waals surface area contributed by atoms with Crippen LogP contribution in [0.25, 0.3) is 0 Å². The molecule has 0 aromatic rings. The van der Waals surface area contributed by atoms with Crippen LogP contribution in [0.4, 0.5) is 0 Å². The first-order chi connectivity index (χ1) is 2.83. The smallest absolute Gasteiger partial charge is 0 e. The molecule has 6 nitrogen and oxygen atoms in total. The van der Waals surface area contributed by atoms with Gasteiger partial charge in [0.1, 0.15) is 0 Å². The first-order valence-electron chi connectivity index (χ1n) is 0.730. The van der Waals surface area contributed by atoms with Gasteiger partial charge in [-0.2, -0.15) is 0 Å². The fourth-order valence-electron chi connectivity index (χ4n) is 0. The molecule has 0 saturated heterocycles. The maximum Gasteiger partial charge on any atom is 0 e. The van der Waals surface area contributed by atoms with Gasteiger partial charge < -0.3 is 20.2 Å². The molecule has 0 aromatic heterocycles. The summed E-state index contributed by atoms with van der Waals surface area (Å²) < 4.78 is 0. The second kappa shape index (κ2) is 56.4. The zero-order valence-electron chi connectivity index (χ0n) is 2.94. The van der Waals surface area contributed by atoms with Crippen LogP contribution in [0.15, 0.2) is 10.7 Å². The van der Waals surface area contributed by atoms with Gasteiger partial charge in [0, 0.05) is 17.4 Å². The van der Waals surface area contributed by atoms with E-state index in [1.54, 1.807) is 0 Å². The Morgan fingerprint density at radius 1 is 1.00 bits per heavy atom. The summed E-state index contributed by atoms with van der Waals surface area (Å²) in [6.45, 7) is 0. The molecule has 0 N–H and O–H groups in total. The minimum atomic E-state index is 0. The van der Waals surface area contributed by atoms with Crippen molar-refractivity contribution in [3.63, 3.8) is 0 Å². The summed E-state index contributed by atoms with van der Waals surface area (Å²) in [6.07, 6.45) is 0. The van der Waals surface area contributed by atoms with Crippen LogP contribution in [0.2, 0.25) is 0 Å². The molecule has 0 saturated carbocycles. The van der Waals surface area contributed by atoms with Gasteiger partial charge in [0.05, 0.1) is 0 Å². The predicted molar refractivity (Wildman–Crippen MR) is 18.3 cm³/mol. The Morgan fingerprint density at radius 2 is 1.00 bits per heavy atom. The van der Waals surface area contributed by atoms with Crippen molar-refractivity contribution < 1.29 is 17.4 Å². The first-order valence-corrected chi connectivity index (χ1v) is 0.730. The van der Waals surface area contributed by atoms with Crippen LogP contribution in [-0.2, 0) is 17.4 Å². The van der Waals surface area contributed by atoms with Crippen molar-refractivity contribution in [2.24, 2.45) is 10.7 Å². The Kier molecular flexibility index (Phi) is 131. The van der Waals surface area contributed by atoms with E-state index in [0.717, 1.165) is 10.7 Å². The predicted octanol–water partition coefficient (Wildman–Crippen LogP) is 0.499. The standard InChI is InChI=1S/Cr.2HNO2/c;2*2-1-3/h;2*(H,2,3)/p-2. The van der Waals surface area contributed by atoms with Crippen LogP contribution in [0.5, 0.6) is 0 Å². The summed E-state index contributed by atoms with van der Waals surface area (Å²) in [5.41, 5.74) is 0. The molecule has 0 rings (SSSR count). The number of nitrogens with zero attached hydrogens (tertiary/aromatic N) is 2. The van der Waals surface area contributed by atoms with Gasteiger partial charge >= 0.3 is 0 Å². The molecule has 0 aliphatic carbocycles. The topological polar surface area (TPSA) is 105 Å². The van der Waals surface area contributed by atoms with E-state index >= 15 is 0 Å². The normalized spacial score (nSPS) is 3.43. The van der Waals surface area contributed by atoms with E-state index < -0.39 is 0 Å². The maximum absolute atomic E-state index is 8.00. The van der Waals surface area contributed by atoms with Crippen molar-refractivity contribution in [2.45, 2.75) is 0 Å². The van der Waals surface area contributed by atoms with Crippen LogP contribution in [0.3, 0.4) is 0 Å². The Labute approximate surface area is 49.1 Å². The van der Waals surface area contributed by atoms with Gasteiger partial charge in [0.25, 0.3) is 0 Å². The molecule has 0 radical (unpaired) electrons. The van der Waals surface area contributed by atoms with Crippen molar-refractivity contribution in [3.05, 3.63) is 20.2 Å². The van der Waals surface area contributed by atoms with Gasteiger partial charge in [-0.3, -0.25) is 0 Å². The molecule has 0 aromatic carbocycles. The van der Waals surface area contributed by atoms with Crippen molar-refractivity contribution in [1.82, 2.24) is 0 Å². The van der Waals surface area contributed by atoms with Gasteiger partial charge in [0.15, 0.2) is 0 Å². The van der Waals surface area contributed by atoms with Crippen LogP contribution in [0.1, 0.15) is 0 Å². The van der Waals surface area contributed by atoms with E-state index in [2.05, 4.69) is 0 Å². The first kappa shape index (κ1) is 16.2. The van der Waals surface area contributed by atoms with Gasteiger partial charge in [-0.1, -0.05) is 0 Å². The molecule has 7 heteroatoms. The second-order valence-corrected chi connectivity index (χ2v) is 0.149. The van der Waals surface area contributed by atoms with E-state index in [1.807, 2.05) is 0 Å². The van der Waals surface area contributed by atoms with Gasteiger partial charge in [-0.05, 0) is 0 Å². The summed E-state index contributed by atoms with van der Waals surface area (Å²) in [6, 6.07) is 0. The summed E-state index contributed by atoms with van der Waals surface area (Å²) in [4.78, 5) is 16.0. The Morgan fingerprint density at radius 3 is 1.00 bits per heavy atom. The molecule has 0 spiro atoms. The fourth-order valence-corrected chi connectivity index (χ4v) is 0. The monoisotopic (exact) mass is 144 g/mol. The zero-order valence-corrected chi connectivity index (χ0v) is 4.21. The van der Waals surface area contributed by atoms with E-state index in [1.165, 1.54) is 0 Å². The molecule has 0 unspecified atom stereocenters. The fraction of sp³-hybridized carbons (Fsp3) is 0. The third-order valence-electron chi connectivity index (χ3n) is 0. The molecule has 42 valence electrons. The van der Waals surface area contributed by atoms with Crippen LogP contribution in [0, 0.1) is 20.2 Å².